The van der Waals surface area contributed by atoms with Crippen molar-refractivity contribution in [2.24, 2.45) is 5.73 Å². The fourth-order valence-corrected chi connectivity index (χ4v) is 1.69. The Balaban J connectivity index is 2.57. The minimum Gasteiger partial charge on any atom is -0.491 e. The summed E-state index contributed by atoms with van der Waals surface area (Å²) in [6.07, 6.45) is 0. The summed E-state index contributed by atoms with van der Waals surface area (Å²) in [4.78, 5) is 0. The van der Waals surface area contributed by atoms with Gasteiger partial charge in [-0.1, -0.05) is 11.6 Å². The third kappa shape index (κ3) is 5.25. The van der Waals surface area contributed by atoms with Crippen molar-refractivity contribution in [2.45, 2.75) is 39.3 Å². The number of halogens is 1. The molecule has 0 aliphatic heterocycles. The second kappa shape index (κ2) is 6.41. The fraction of sp³-hybridized carbons (Fsp3) is 0.571. The molecule has 102 valence electrons. The minimum atomic E-state index is -0.145. The third-order valence-electron chi connectivity index (χ3n) is 2.34. The summed E-state index contributed by atoms with van der Waals surface area (Å²) in [6.45, 7) is 9.00. The first-order valence-electron chi connectivity index (χ1n) is 6.11. The van der Waals surface area contributed by atoms with E-state index in [1.807, 2.05) is 39.8 Å². The molecule has 0 fully saturated rings. The predicted molar refractivity (Wildman–Crippen MR) is 75.3 cm³/mol. The highest BCUT2D eigenvalue weighted by molar-refractivity contribution is 6.30. The van der Waals surface area contributed by atoms with Crippen molar-refractivity contribution < 1.29 is 9.47 Å². The molecule has 0 spiro atoms. The predicted octanol–water partition coefficient (Wildman–Crippen LogP) is 3.55. The molecule has 0 saturated heterocycles. The summed E-state index contributed by atoms with van der Waals surface area (Å²) in [5, 5.41) is 0.667. The van der Waals surface area contributed by atoms with E-state index in [1.165, 1.54) is 0 Å². The number of ether oxygens (including phenoxy) is 2. The monoisotopic (exact) mass is 271 g/mol. The topological polar surface area (TPSA) is 44.5 Å². The fourth-order valence-electron chi connectivity index (χ4n) is 1.51. The molecule has 0 unspecified atom stereocenters. The van der Waals surface area contributed by atoms with Crippen molar-refractivity contribution in [3.63, 3.8) is 0 Å². The van der Waals surface area contributed by atoms with Gasteiger partial charge in [0, 0.05) is 16.6 Å². The summed E-state index contributed by atoms with van der Waals surface area (Å²) in [5.41, 5.74) is 6.66. The summed E-state index contributed by atoms with van der Waals surface area (Å²) in [5.74, 6) is 0.770. The van der Waals surface area contributed by atoms with Gasteiger partial charge in [-0.15, -0.1) is 0 Å². The minimum absolute atomic E-state index is 0.109. The van der Waals surface area contributed by atoms with E-state index in [4.69, 9.17) is 26.8 Å². The van der Waals surface area contributed by atoms with Crippen LogP contribution in [0.4, 0.5) is 0 Å². The average Bonchev–Trinajstić information content (AvgIpc) is 2.24. The zero-order valence-corrected chi connectivity index (χ0v) is 12.3. The van der Waals surface area contributed by atoms with Crippen molar-refractivity contribution in [1.29, 1.82) is 0 Å². The van der Waals surface area contributed by atoms with Crippen LogP contribution in [0, 0.1) is 0 Å². The van der Waals surface area contributed by atoms with E-state index in [9.17, 15) is 0 Å². The molecule has 0 aromatic heterocycles. The SMILES string of the molecule is C[C@H](N)c1cc(Cl)ccc1OCCOC(C)(C)C. The number of hydrogen-bond donors (Lipinski definition) is 1. The van der Waals surface area contributed by atoms with Crippen molar-refractivity contribution >= 4 is 11.6 Å². The molecule has 1 aromatic carbocycles. The van der Waals surface area contributed by atoms with E-state index in [-0.39, 0.29) is 11.6 Å². The number of hydrogen-bond acceptors (Lipinski definition) is 3. The molecule has 0 aliphatic rings. The summed E-state index contributed by atoms with van der Waals surface area (Å²) in [7, 11) is 0. The standard InChI is InChI=1S/C14H22ClNO2/c1-10(16)12-9-11(15)5-6-13(12)17-7-8-18-14(2,3)4/h5-6,9-10H,7-8,16H2,1-4H3/t10-/m0/s1. The quantitative estimate of drug-likeness (QED) is 0.833. The lowest BCUT2D eigenvalue weighted by Crippen LogP contribution is -2.22. The zero-order valence-electron chi connectivity index (χ0n) is 11.5. The molecule has 1 rings (SSSR count). The van der Waals surface area contributed by atoms with Crippen molar-refractivity contribution in [1.82, 2.24) is 0 Å². The van der Waals surface area contributed by atoms with Crippen molar-refractivity contribution in [3.05, 3.63) is 28.8 Å². The average molecular weight is 272 g/mol. The van der Waals surface area contributed by atoms with E-state index >= 15 is 0 Å². The molecule has 18 heavy (non-hydrogen) atoms. The molecule has 0 amide bonds. The normalized spacial score (nSPS) is 13.4. The molecule has 1 aromatic rings. The first kappa shape index (κ1) is 15.3. The number of nitrogens with two attached hydrogens (primary N) is 1. The third-order valence-corrected chi connectivity index (χ3v) is 2.57. The van der Waals surface area contributed by atoms with Gasteiger partial charge in [-0.3, -0.25) is 0 Å². The van der Waals surface area contributed by atoms with Gasteiger partial charge in [-0.25, -0.2) is 0 Å². The lowest BCUT2D eigenvalue weighted by atomic mass is 10.1. The second-order valence-electron chi connectivity index (χ2n) is 5.28. The molecule has 0 aliphatic carbocycles. The van der Waals surface area contributed by atoms with Gasteiger partial charge in [0.25, 0.3) is 0 Å². The van der Waals surface area contributed by atoms with Gasteiger partial charge in [0.2, 0.25) is 0 Å². The van der Waals surface area contributed by atoms with Crippen LogP contribution in [0.25, 0.3) is 0 Å². The van der Waals surface area contributed by atoms with Gasteiger partial charge < -0.3 is 15.2 Å². The first-order chi connectivity index (χ1) is 8.29. The summed E-state index contributed by atoms with van der Waals surface area (Å²) in [6, 6.07) is 5.37. The van der Waals surface area contributed by atoms with E-state index in [0.717, 1.165) is 11.3 Å². The van der Waals surface area contributed by atoms with E-state index in [1.54, 1.807) is 6.07 Å². The Hall–Kier alpha value is -0.770. The molecule has 0 heterocycles. The highest BCUT2D eigenvalue weighted by atomic mass is 35.5. The Labute approximate surface area is 114 Å². The Morgan fingerprint density at radius 2 is 1.94 bits per heavy atom. The summed E-state index contributed by atoms with van der Waals surface area (Å²) < 4.78 is 11.3. The van der Waals surface area contributed by atoms with Gasteiger partial charge >= 0.3 is 0 Å². The van der Waals surface area contributed by atoms with Crippen molar-refractivity contribution in [3.8, 4) is 5.75 Å². The van der Waals surface area contributed by atoms with Crippen LogP contribution in [-0.2, 0) is 4.74 Å². The maximum absolute atomic E-state index is 5.95. The Morgan fingerprint density at radius 1 is 1.28 bits per heavy atom. The van der Waals surface area contributed by atoms with Crippen LogP contribution >= 0.6 is 11.6 Å². The van der Waals surface area contributed by atoms with Crippen LogP contribution in [0.1, 0.15) is 39.3 Å². The smallest absolute Gasteiger partial charge is 0.124 e. The maximum Gasteiger partial charge on any atom is 0.124 e. The molecular formula is C14H22ClNO2. The lowest BCUT2D eigenvalue weighted by Gasteiger charge is -2.20. The molecule has 0 radical (unpaired) electrons. The summed E-state index contributed by atoms with van der Waals surface area (Å²) >= 11 is 5.95. The maximum atomic E-state index is 5.95. The molecule has 0 bridgehead atoms. The number of benzene rings is 1. The van der Waals surface area contributed by atoms with Crippen LogP contribution in [-0.4, -0.2) is 18.8 Å². The second-order valence-corrected chi connectivity index (χ2v) is 5.72. The first-order valence-corrected chi connectivity index (χ1v) is 6.49. The molecule has 3 nitrogen and oxygen atoms in total. The lowest BCUT2D eigenvalue weighted by molar-refractivity contribution is -0.0164. The van der Waals surface area contributed by atoms with Gasteiger partial charge in [0.1, 0.15) is 12.4 Å². The van der Waals surface area contributed by atoms with E-state index < -0.39 is 0 Å². The van der Waals surface area contributed by atoms with Crippen LogP contribution in [0.2, 0.25) is 5.02 Å². The molecular weight excluding hydrogens is 250 g/mol. The zero-order chi connectivity index (χ0) is 13.8. The van der Waals surface area contributed by atoms with E-state index in [2.05, 4.69) is 0 Å². The number of rotatable bonds is 5. The molecule has 2 N–H and O–H groups in total. The van der Waals surface area contributed by atoms with Gasteiger partial charge in [-0.05, 0) is 45.9 Å². The van der Waals surface area contributed by atoms with Crippen LogP contribution < -0.4 is 10.5 Å². The highest BCUT2D eigenvalue weighted by Crippen LogP contribution is 2.27. The van der Waals surface area contributed by atoms with Crippen molar-refractivity contribution in [2.75, 3.05) is 13.2 Å². The van der Waals surface area contributed by atoms with Gasteiger partial charge in [-0.2, -0.15) is 0 Å². The molecule has 4 heteroatoms. The largest absolute Gasteiger partial charge is 0.491 e. The van der Waals surface area contributed by atoms with Crippen LogP contribution in [0.3, 0.4) is 0 Å². The van der Waals surface area contributed by atoms with Crippen LogP contribution in [0.5, 0.6) is 5.75 Å². The Kier molecular flexibility index (Phi) is 5.45. The molecule has 1 atom stereocenters. The van der Waals surface area contributed by atoms with Gasteiger partial charge in [0.15, 0.2) is 0 Å². The van der Waals surface area contributed by atoms with Gasteiger partial charge in [0.05, 0.1) is 12.2 Å². The molecule has 0 saturated carbocycles. The van der Waals surface area contributed by atoms with Crippen LogP contribution in [0.15, 0.2) is 18.2 Å². The van der Waals surface area contributed by atoms with E-state index in [0.29, 0.717) is 18.2 Å². The Bertz CT molecular complexity index is 386. The Morgan fingerprint density at radius 3 is 2.50 bits per heavy atom. The highest BCUT2D eigenvalue weighted by Gasteiger charge is 2.11.